The molecular formula is C13H26N4. The highest BCUT2D eigenvalue weighted by Crippen LogP contribution is 2.30. The molecule has 17 heavy (non-hydrogen) atoms. The van der Waals surface area contributed by atoms with Crippen LogP contribution < -0.4 is 5.73 Å². The lowest BCUT2D eigenvalue weighted by Gasteiger charge is -2.25. The summed E-state index contributed by atoms with van der Waals surface area (Å²) < 4.78 is 2.20. The van der Waals surface area contributed by atoms with Crippen molar-refractivity contribution in [3.05, 3.63) is 11.6 Å². The molecule has 0 radical (unpaired) electrons. The van der Waals surface area contributed by atoms with Crippen molar-refractivity contribution in [3.8, 4) is 0 Å². The summed E-state index contributed by atoms with van der Waals surface area (Å²) in [5.74, 6) is 2.30. The van der Waals surface area contributed by atoms with E-state index in [0.717, 1.165) is 18.1 Å². The molecule has 0 aromatic carbocycles. The molecule has 0 aliphatic heterocycles. The second-order valence-corrected chi connectivity index (χ2v) is 6.27. The molecule has 0 saturated heterocycles. The van der Waals surface area contributed by atoms with Gasteiger partial charge >= 0.3 is 0 Å². The topological polar surface area (TPSA) is 56.7 Å². The van der Waals surface area contributed by atoms with Crippen LogP contribution in [0.15, 0.2) is 0 Å². The van der Waals surface area contributed by atoms with Gasteiger partial charge in [-0.25, -0.2) is 0 Å². The van der Waals surface area contributed by atoms with Gasteiger partial charge in [0.05, 0.1) is 0 Å². The SMILES string of the molecule is Cc1nnc(C(CN)CC(C)(C)C)n1C(C)C. The Morgan fingerprint density at radius 2 is 1.82 bits per heavy atom. The average molecular weight is 238 g/mol. The fourth-order valence-corrected chi connectivity index (χ4v) is 2.32. The number of hydrogen-bond donors (Lipinski definition) is 1. The number of rotatable bonds is 4. The number of aryl methyl sites for hydroxylation is 1. The second kappa shape index (κ2) is 5.17. The Labute approximate surface area is 105 Å². The molecule has 4 nitrogen and oxygen atoms in total. The van der Waals surface area contributed by atoms with Gasteiger partial charge in [-0.3, -0.25) is 0 Å². The van der Waals surface area contributed by atoms with Crippen LogP contribution in [0.4, 0.5) is 0 Å². The number of aromatic nitrogens is 3. The van der Waals surface area contributed by atoms with Crippen LogP contribution >= 0.6 is 0 Å². The molecule has 98 valence electrons. The zero-order valence-electron chi connectivity index (χ0n) is 12.0. The molecule has 0 amide bonds. The molecule has 0 fully saturated rings. The van der Waals surface area contributed by atoms with Gasteiger partial charge < -0.3 is 10.3 Å². The average Bonchev–Trinajstić information content (AvgIpc) is 2.55. The van der Waals surface area contributed by atoms with Crippen molar-refractivity contribution in [3.63, 3.8) is 0 Å². The van der Waals surface area contributed by atoms with E-state index in [9.17, 15) is 0 Å². The van der Waals surface area contributed by atoms with Crippen molar-refractivity contribution in [1.82, 2.24) is 14.8 Å². The van der Waals surface area contributed by atoms with Crippen LogP contribution in [0.5, 0.6) is 0 Å². The van der Waals surface area contributed by atoms with Crippen LogP contribution in [0.2, 0.25) is 0 Å². The molecule has 0 aliphatic carbocycles. The van der Waals surface area contributed by atoms with Gasteiger partial charge in [-0.15, -0.1) is 10.2 Å². The van der Waals surface area contributed by atoms with Crippen molar-refractivity contribution in [2.45, 2.75) is 59.9 Å². The first kappa shape index (κ1) is 14.2. The summed E-state index contributed by atoms with van der Waals surface area (Å²) in [6.45, 7) is 13.6. The molecule has 2 N–H and O–H groups in total. The number of nitrogens with two attached hydrogens (primary N) is 1. The van der Waals surface area contributed by atoms with Gasteiger partial charge in [0.15, 0.2) is 0 Å². The van der Waals surface area contributed by atoms with Crippen LogP contribution in [-0.4, -0.2) is 21.3 Å². The van der Waals surface area contributed by atoms with Crippen LogP contribution in [0.1, 0.15) is 64.6 Å². The predicted molar refractivity (Wildman–Crippen MR) is 71.0 cm³/mol. The van der Waals surface area contributed by atoms with Crippen molar-refractivity contribution in [2.24, 2.45) is 11.1 Å². The number of nitrogens with zero attached hydrogens (tertiary/aromatic N) is 3. The van der Waals surface area contributed by atoms with E-state index in [4.69, 9.17) is 5.73 Å². The van der Waals surface area contributed by atoms with Gasteiger partial charge in [-0.05, 0) is 32.6 Å². The van der Waals surface area contributed by atoms with Gasteiger partial charge in [0, 0.05) is 18.5 Å². The highest BCUT2D eigenvalue weighted by Gasteiger charge is 2.25. The molecule has 1 unspecified atom stereocenters. The standard InChI is InChI=1S/C13H26N4/c1-9(2)17-10(3)15-16-12(17)11(8-14)7-13(4,5)6/h9,11H,7-8,14H2,1-6H3. The highest BCUT2D eigenvalue weighted by atomic mass is 15.3. The van der Waals surface area contributed by atoms with Crippen molar-refractivity contribution in [2.75, 3.05) is 6.54 Å². The van der Waals surface area contributed by atoms with Crippen LogP contribution in [0, 0.1) is 12.3 Å². The van der Waals surface area contributed by atoms with E-state index >= 15 is 0 Å². The van der Waals surface area contributed by atoms with E-state index in [2.05, 4.69) is 49.4 Å². The lowest BCUT2D eigenvalue weighted by molar-refractivity contribution is 0.328. The molecule has 1 atom stereocenters. The predicted octanol–water partition coefficient (Wildman–Crippen LogP) is 2.65. The first-order valence-electron chi connectivity index (χ1n) is 6.37. The fourth-order valence-electron chi connectivity index (χ4n) is 2.32. The summed E-state index contributed by atoms with van der Waals surface area (Å²) in [5.41, 5.74) is 6.16. The Morgan fingerprint density at radius 1 is 1.24 bits per heavy atom. The van der Waals surface area contributed by atoms with Crippen molar-refractivity contribution < 1.29 is 0 Å². The first-order chi connectivity index (χ1) is 7.76. The Hall–Kier alpha value is -0.900. The molecule has 0 saturated carbocycles. The Kier molecular flexibility index (Phi) is 4.31. The van der Waals surface area contributed by atoms with Gasteiger partial charge in [0.1, 0.15) is 11.6 Å². The Morgan fingerprint density at radius 3 is 2.24 bits per heavy atom. The summed E-state index contributed by atoms with van der Waals surface area (Å²) in [6.07, 6.45) is 1.04. The van der Waals surface area contributed by atoms with E-state index in [1.165, 1.54) is 0 Å². The van der Waals surface area contributed by atoms with E-state index in [0.29, 0.717) is 18.5 Å². The molecule has 4 heteroatoms. The lowest BCUT2D eigenvalue weighted by Crippen LogP contribution is -2.23. The minimum Gasteiger partial charge on any atom is -0.330 e. The van der Waals surface area contributed by atoms with E-state index in [1.807, 2.05) is 6.92 Å². The third kappa shape index (κ3) is 3.53. The largest absolute Gasteiger partial charge is 0.330 e. The molecule has 1 rings (SSSR count). The normalized spacial score (nSPS) is 14.4. The molecule has 1 aromatic heterocycles. The summed E-state index contributed by atoms with van der Waals surface area (Å²) in [7, 11) is 0. The van der Waals surface area contributed by atoms with Crippen LogP contribution in [0.25, 0.3) is 0 Å². The molecule has 0 aliphatic rings. The zero-order valence-corrected chi connectivity index (χ0v) is 12.0. The maximum Gasteiger partial charge on any atom is 0.137 e. The molecule has 0 bridgehead atoms. The van der Waals surface area contributed by atoms with Crippen LogP contribution in [0.3, 0.4) is 0 Å². The maximum absolute atomic E-state index is 5.91. The van der Waals surface area contributed by atoms with E-state index < -0.39 is 0 Å². The Bertz CT molecular complexity index is 360. The summed E-state index contributed by atoms with van der Waals surface area (Å²) in [5, 5.41) is 8.52. The molecular weight excluding hydrogens is 212 g/mol. The first-order valence-corrected chi connectivity index (χ1v) is 6.37. The summed E-state index contributed by atoms with van der Waals surface area (Å²) >= 11 is 0. The quantitative estimate of drug-likeness (QED) is 0.877. The smallest absolute Gasteiger partial charge is 0.137 e. The van der Waals surface area contributed by atoms with Gasteiger partial charge in [0.25, 0.3) is 0 Å². The molecule has 1 heterocycles. The fraction of sp³-hybridized carbons (Fsp3) is 0.846. The monoisotopic (exact) mass is 238 g/mol. The lowest BCUT2D eigenvalue weighted by atomic mass is 9.84. The van der Waals surface area contributed by atoms with Crippen molar-refractivity contribution in [1.29, 1.82) is 0 Å². The molecule has 0 spiro atoms. The van der Waals surface area contributed by atoms with Gasteiger partial charge in [0.2, 0.25) is 0 Å². The minimum atomic E-state index is 0.256. The highest BCUT2D eigenvalue weighted by molar-refractivity contribution is 5.04. The van der Waals surface area contributed by atoms with Gasteiger partial charge in [-0.1, -0.05) is 20.8 Å². The van der Waals surface area contributed by atoms with E-state index in [-0.39, 0.29) is 5.41 Å². The third-order valence-corrected chi connectivity index (χ3v) is 2.92. The van der Waals surface area contributed by atoms with E-state index in [1.54, 1.807) is 0 Å². The van der Waals surface area contributed by atoms with Crippen LogP contribution in [-0.2, 0) is 0 Å². The molecule has 1 aromatic rings. The van der Waals surface area contributed by atoms with Gasteiger partial charge in [-0.2, -0.15) is 0 Å². The summed E-state index contributed by atoms with van der Waals surface area (Å²) in [4.78, 5) is 0. The number of hydrogen-bond acceptors (Lipinski definition) is 3. The maximum atomic E-state index is 5.91. The zero-order chi connectivity index (χ0) is 13.2. The Balaban J connectivity index is 3.04. The summed E-state index contributed by atoms with van der Waals surface area (Å²) in [6, 6.07) is 0.383. The third-order valence-electron chi connectivity index (χ3n) is 2.92. The van der Waals surface area contributed by atoms with Crippen molar-refractivity contribution >= 4 is 0 Å². The minimum absolute atomic E-state index is 0.256. The second-order valence-electron chi connectivity index (χ2n) is 6.27.